The van der Waals surface area contributed by atoms with Crippen LogP contribution in [0.5, 0.6) is 0 Å². The lowest BCUT2D eigenvalue weighted by Crippen LogP contribution is -2.28. The van der Waals surface area contributed by atoms with Crippen molar-refractivity contribution in [3.8, 4) is 0 Å². The molecular formula is C14H19ClO4. The summed E-state index contributed by atoms with van der Waals surface area (Å²) in [7, 11) is 0. The van der Waals surface area contributed by atoms with Crippen LogP contribution in [-0.4, -0.2) is 33.3 Å². The normalized spacial score (nSPS) is 15.0. The average molecular weight is 287 g/mol. The van der Waals surface area contributed by atoms with Crippen LogP contribution in [0.25, 0.3) is 0 Å². The van der Waals surface area contributed by atoms with E-state index in [1.807, 2.05) is 0 Å². The van der Waals surface area contributed by atoms with Gasteiger partial charge < -0.3 is 15.3 Å². The van der Waals surface area contributed by atoms with Crippen LogP contribution in [0.2, 0.25) is 0 Å². The number of rotatable bonds is 6. The van der Waals surface area contributed by atoms with Crippen LogP contribution >= 0.6 is 11.6 Å². The number of hydrogen-bond donors (Lipinski definition) is 3. The van der Waals surface area contributed by atoms with Gasteiger partial charge in [-0.2, -0.15) is 0 Å². The summed E-state index contributed by atoms with van der Waals surface area (Å²) in [5, 5.41) is 28.7. The fourth-order valence-electron chi connectivity index (χ4n) is 1.71. The molecule has 0 amide bonds. The number of hydrogen-bond acceptors (Lipinski definition) is 3. The molecule has 5 heteroatoms. The van der Waals surface area contributed by atoms with Crippen molar-refractivity contribution >= 4 is 17.6 Å². The standard InChI is InChI=1S/C14H19ClO4/c1-14(2,13(18)19)10-5-3-9(4-6-10)12(17)11(16)7-8-15/h3-6,11-12,16-17H,7-8H2,1-2H3,(H,18,19). The van der Waals surface area contributed by atoms with Crippen LogP contribution in [0.15, 0.2) is 24.3 Å². The monoisotopic (exact) mass is 286 g/mol. The summed E-state index contributed by atoms with van der Waals surface area (Å²) < 4.78 is 0. The maximum Gasteiger partial charge on any atom is 0.313 e. The van der Waals surface area contributed by atoms with Crippen LogP contribution in [0.1, 0.15) is 37.5 Å². The number of aliphatic hydroxyl groups is 2. The van der Waals surface area contributed by atoms with Crippen molar-refractivity contribution in [2.45, 2.75) is 37.9 Å². The van der Waals surface area contributed by atoms with Crippen molar-refractivity contribution in [2.24, 2.45) is 0 Å². The number of aliphatic hydroxyl groups excluding tert-OH is 2. The minimum atomic E-state index is -1.01. The van der Waals surface area contributed by atoms with Gasteiger partial charge in [-0.3, -0.25) is 4.79 Å². The Hall–Kier alpha value is -1.10. The first kappa shape index (κ1) is 16.0. The van der Waals surface area contributed by atoms with E-state index in [0.717, 1.165) is 0 Å². The average Bonchev–Trinajstić information content (AvgIpc) is 2.38. The highest BCUT2D eigenvalue weighted by molar-refractivity contribution is 6.17. The number of halogens is 1. The molecule has 0 aliphatic rings. The van der Waals surface area contributed by atoms with Crippen molar-refractivity contribution in [1.29, 1.82) is 0 Å². The van der Waals surface area contributed by atoms with E-state index in [9.17, 15) is 15.0 Å². The first-order valence-electron chi connectivity index (χ1n) is 6.06. The summed E-state index contributed by atoms with van der Waals surface area (Å²) in [6.45, 7) is 3.23. The van der Waals surface area contributed by atoms with Crippen molar-refractivity contribution in [3.05, 3.63) is 35.4 Å². The molecule has 0 heterocycles. The molecule has 4 nitrogen and oxygen atoms in total. The summed E-state index contributed by atoms with van der Waals surface area (Å²) in [6, 6.07) is 6.56. The van der Waals surface area contributed by atoms with Crippen molar-refractivity contribution in [2.75, 3.05) is 5.88 Å². The predicted molar refractivity (Wildman–Crippen MR) is 73.4 cm³/mol. The Kier molecular flexibility index (Phi) is 5.35. The number of carboxylic acid groups (broad SMARTS) is 1. The number of carbonyl (C=O) groups is 1. The van der Waals surface area contributed by atoms with Gasteiger partial charge in [0.1, 0.15) is 6.10 Å². The summed E-state index contributed by atoms with van der Waals surface area (Å²) in [5.41, 5.74) is 0.198. The van der Waals surface area contributed by atoms with E-state index in [-0.39, 0.29) is 5.88 Å². The molecule has 1 aromatic rings. The zero-order valence-corrected chi connectivity index (χ0v) is 11.8. The highest BCUT2D eigenvalue weighted by Gasteiger charge is 2.29. The Labute approximate surface area is 117 Å². The highest BCUT2D eigenvalue weighted by Crippen LogP contribution is 2.26. The Balaban J connectivity index is 2.91. The molecule has 0 aliphatic carbocycles. The lowest BCUT2D eigenvalue weighted by Gasteiger charge is -2.21. The Bertz CT molecular complexity index is 428. The fourth-order valence-corrected chi connectivity index (χ4v) is 1.94. The molecule has 0 saturated heterocycles. The lowest BCUT2D eigenvalue weighted by atomic mass is 9.84. The van der Waals surface area contributed by atoms with E-state index in [4.69, 9.17) is 16.7 Å². The van der Waals surface area contributed by atoms with Gasteiger partial charge in [-0.1, -0.05) is 24.3 Å². The maximum absolute atomic E-state index is 11.1. The number of aliphatic carboxylic acids is 1. The zero-order valence-electron chi connectivity index (χ0n) is 11.0. The van der Waals surface area contributed by atoms with Gasteiger partial charge in [0, 0.05) is 5.88 Å². The third-order valence-electron chi connectivity index (χ3n) is 3.28. The number of carboxylic acids is 1. The second-order valence-corrected chi connectivity index (χ2v) is 5.42. The summed E-state index contributed by atoms with van der Waals surface area (Å²) in [5.74, 6) is -0.648. The highest BCUT2D eigenvalue weighted by atomic mass is 35.5. The largest absolute Gasteiger partial charge is 0.481 e. The van der Waals surface area contributed by atoms with Gasteiger partial charge in [0.15, 0.2) is 0 Å². The van der Waals surface area contributed by atoms with E-state index in [2.05, 4.69) is 0 Å². The van der Waals surface area contributed by atoms with Gasteiger partial charge >= 0.3 is 5.97 Å². The van der Waals surface area contributed by atoms with Gasteiger partial charge in [-0.05, 0) is 31.4 Å². The first-order valence-corrected chi connectivity index (χ1v) is 6.60. The molecule has 0 spiro atoms. The second-order valence-electron chi connectivity index (χ2n) is 5.04. The molecule has 0 fully saturated rings. The fraction of sp³-hybridized carbons (Fsp3) is 0.500. The third kappa shape index (κ3) is 3.69. The Morgan fingerprint density at radius 3 is 2.21 bits per heavy atom. The number of benzene rings is 1. The second kappa shape index (κ2) is 6.37. The minimum Gasteiger partial charge on any atom is -0.481 e. The van der Waals surface area contributed by atoms with Crippen LogP contribution in [0, 0.1) is 0 Å². The summed E-state index contributed by atoms with van der Waals surface area (Å²) >= 11 is 5.51. The van der Waals surface area contributed by atoms with Gasteiger partial charge in [-0.25, -0.2) is 0 Å². The molecule has 2 unspecified atom stereocenters. The molecule has 19 heavy (non-hydrogen) atoms. The molecular weight excluding hydrogens is 268 g/mol. The molecule has 0 saturated carbocycles. The van der Waals surface area contributed by atoms with Crippen molar-refractivity contribution in [3.63, 3.8) is 0 Å². The molecule has 0 radical (unpaired) electrons. The Morgan fingerprint density at radius 1 is 1.26 bits per heavy atom. The van der Waals surface area contributed by atoms with E-state index >= 15 is 0 Å². The molecule has 2 atom stereocenters. The van der Waals surface area contributed by atoms with Gasteiger partial charge in [0.25, 0.3) is 0 Å². The molecule has 106 valence electrons. The molecule has 3 N–H and O–H groups in total. The topological polar surface area (TPSA) is 77.8 Å². The van der Waals surface area contributed by atoms with Crippen LogP contribution in [0.4, 0.5) is 0 Å². The van der Waals surface area contributed by atoms with Crippen LogP contribution in [-0.2, 0) is 10.2 Å². The van der Waals surface area contributed by atoms with E-state index in [1.165, 1.54) is 0 Å². The Morgan fingerprint density at radius 2 is 1.79 bits per heavy atom. The van der Waals surface area contributed by atoms with Gasteiger partial charge in [-0.15, -0.1) is 11.6 Å². The SMILES string of the molecule is CC(C)(C(=O)O)c1ccc(C(O)C(O)CCCl)cc1. The van der Waals surface area contributed by atoms with Crippen LogP contribution < -0.4 is 0 Å². The number of alkyl halides is 1. The lowest BCUT2D eigenvalue weighted by molar-refractivity contribution is -0.142. The molecule has 0 bridgehead atoms. The van der Waals surface area contributed by atoms with Crippen molar-refractivity contribution in [1.82, 2.24) is 0 Å². The van der Waals surface area contributed by atoms with Crippen molar-refractivity contribution < 1.29 is 20.1 Å². The first-order chi connectivity index (χ1) is 8.80. The van der Waals surface area contributed by atoms with Crippen LogP contribution in [0.3, 0.4) is 0 Å². The quantitative estimate of drug-likeness (QED) is 0.700. The smallest absolute Gasteiger partial charge is 0.313 e. The molecule has 1 aromatic carbocycles. The zero-order chi connectivity index (χ0) is 14.6. The van der Waals surface area contributed by atoms with Gasteiger partial charge in [0.05, 0.1) is 11.5 Å². The predicted octanol–water partition coefficient (Wildman–Crippen LogP) is 2.07. The molecule has 1 rings (SSSR count). The summed E-state index contributed by atoms with van der Waals surface area (Å²) in [4.78, 5) is 11.1. The van der Waals surface area contributed by atoms with E-state index in [0.29, 0.717) is 17.5 Å². The van der Waals surface area contributed by atoms with E-state index < -0.39 is 23.6 Å². The van der Waals surface area contributed by atoms with Gasteiger partial charge in [0.2, 0.25) is 0 Å². The van der Waals surface area contributed by atoms with E-state index in [1.54, 1.807) is 38.1 Å². The molecule has 0 aliphatic heterocycles. The summed E-state index contributed by atoms with van der Waals surface area (Å²) in [6.07, 6.45) is -1.64. The minimum absolute atomic E-state index is 0.266. The maximum atomic E-state index is 11.1. The molecule has 0 aromatic heterocycles. The third-order valence-corrected chi connectivity index (χ3v) is 3.50.